The molecule has 9 heteroatoms. The molecular weight excluding hydrogens is 452 g/mol. The highest BCUT2D eigenvalue weighted by Gasteiger charge is 2.39. The van der Waals surface area contributed by atoms with E-state index in [-0.39, 0.29) is 23.3 Å². The summed E-state index contributed by atoms with van der Waals surface area (Å²) in [6.45, 7) is 1.64. The van der Waals surface area contributed by atoms with Gasteiger partial charge in [0.15, 0.2) is 5.78 Å². The highest BCUT2D eigenvalue weighted by Crippen LogP contribution is 2.36. The van der Waals surface area contributed by atoms with Gasteiger partial charge in [0.05, 0.1) is 4.92 Å². The number of hydrogen-bond acceptors (Lipinski definition) is 8. The first-order chi connectivity index (χ1) is 16.8. The van der Waals surface area contributed by atoms with Crippen LogP contribution in [-0.4, -0.2) is 27.4 Å². The molecule has 0 atom stereocenters. The van der Waals surface area contributed by atoms with Crippen molar-refractivity contribution < 1.29 is 28.5 Å². The monoisotopic (exact) mass is 468 g/mol. The molecule has 1 aromatic heterocycles. The molecule has 0 bridgehead atoms. The molecule has 0 radical (unpaired) electrons. The minimum absolute atomic E-state index is 0.0462. The SMILES string of the molecule is Cc1ccc(-c2nc(COC(=O)c3ccc4c(c3[N+](=O)[O-])C(=O)c3ccccc3C4=O)co2)cc1. The van der Waals surface area contributed by atoms with Crippen LogP contribution >= 0.6 is 0 Å². The van der Waals surface area contributed by atoms with Crippen LogP contribution in [0.15, 0.2) is 71.3 Å². The van der Waals surface area contributed by atoms with Crippen molar-refractivity contribution in [3.05, 3.63) is 116 Å². The number of nitrogens with zero attached hydrogens (tertiary/aromatic N) is 2. The summed E-state index contributed by atoms with van der Waals surface area (Å²) in [5.41, 5.74) is 0.571. The highest BCUT2D eigenvalue weighted by atomic mass is 16.6. The minimum atomic E-state index is -1.03. The van der Waals surface area contributed by atoms with Crippen molar-refractivity contribution in [1.29, 1.82) is 0 Å². The Morgan fingerprint density at radius 3 is 2.34 bits per heavy atom. The Kier molecular flexibility index (Phi) is 5.29. The van der Waals surface area contributed by atoms with Gasteiger partial charge in [-0.25, -0.2) is 9.78 Å². The third-order valence-corrected chi connectivity index (χ3v) is 5.67. The summed E-state index contributed by atoms with van der Waals surface area (Å²) in [4.78, 5) is 54.1. The van der Waals surface area contributed by atoms with Crippen molar-refractivity contribution in [1.82, 2.24) is 4.98 Å². The number of carbonyl (C=O) groups is 3. The summed E-state index contributed by atoms with van der Waals surface area (Å²) in [6, 6.07) is 15.9. The molecule has 1 heterocycles. The molecule has 0 spiro atoms. The molecule has 172 valence electrons. The molecule has 0 saturated heterocycles. The lowest BCUT2D eigenvalue weighted by molar-refractivity contribution is -0.385. The zero-order valence-electron chi connectivity index (χ0n) is 18.3. The van der Waals surface area contributed by atoms with Crippen molar-refractivity contribution >= 4 is 23.2 Å². The van der Waals surface area contributed by atoms with Crippen LogP contribution in [0, 0.1) is 17.0 Å². The summed E-state index contributed by atoms with van der Waals surface area (Å²) in [5, 5.41) is 11.9. The van der Waals surface area contributed by atoms with Crippen LogP contribution in [-0.2, 0) is 11.3 Å². The topological polar surface area (TPSA) is 130 Å². The molecule has 5 rings (SSSR count). The summed E-state index contributed by atoms with van der Waals surface area (Å²) in [7, 11) is 0. The Balaban J connectivity index is 1.43. The predicted molar refractivity (Wildman–Crippen MR) is 122 cm³/mol. The van der Waals surface area contributed by atoms with E-state index in [9.17, 15) is 24.5 Å². The molecule has 0 fully saturated rings. The molecule has 0 aliphatic heterocycles. The van der Waals surface area contributed by atoms with Crippen LogP contribution < -0.4 is 0 Å². The molecule has 9 nitrogen and oxygen atoms in total. The third kappa shape index (κ3) is 3.78. The van der Waals surface area contributed by atoms with Crippen molar-refractivity contribution in [3.63, 3.8) is 0 Å². The van der Waals surface area contributed by atoms with E-state index in [1.165, 1.54) is 24.5 Å². The second-order valence-electron chi connectivity index (χ2n) is 7.93. The molecule has 1 aliphatic rings. The Labute approximate surface area is 198 Å². The molecule has 0 amide bonds. The smallest absolute Gasteiger partial charge is 0.345 e. The van der Waals surface area contributed by atoms with E-state index in [1.807, 2.05) is 31.2 Å². The van der Waals surface area contributed by atoms with Gasteiger partial charge < -0.3 is 9.15 Å². The Bertz CT molecular complexity index is 1530. The van der Waals surface area contributed by atoms with Crippen LogP contribution in [0.1, 0.15) is 53.5 Å². The number of aryl methyl sites for hydroxylation is 1. The number of fused-ring (bicyclic) bond motifs is 2. The molecule has 35 heavy (non-hydrogen) atoms. The van der Waals surface area contributed by atoms with Gasteiger partial charge in [-0.05, 0) is 31.2 Å². The molecule has 0 N–H and O–H groups in total. The number of nitro benzene ring substituents is 1. The average Bonchev–Trinajstić information content (AvgIpc) is 3.34. The van der Waals surface area contributed by atoms with Gasteiger partial charge in [0, 0.05) is 22.3 Å². The maximum absolute atomic E-state index is 13.1. The molecular formula is C26H16N2O7. The number of carbonyl (C=O) groups excluding carboxylic acids is 3. The van der Waals surface area contributed by atoms with Crippen molar-refractivity contribution in [2.45, 2.75) is 13.5 Å². The quantitative estimate of drug-likeness (QED) is 0.206. The number of hydrogen-bond donors (Lipinski definition) is 0. The number of oxazole rings is 1. The predicted octanol–water partition coefficient (Wildman–Crippen LogP) is 4.69. The van der Waals surface area contributed by atoms with Gasteiger partial charge in [-0.1, -0.05) is 42.0 Å². The summed E-state index contributed by atoms with van der Waals surface area (Å²) in [6.07, 6.45) is 1.32. The van der Waals surface area contributed by atoms with Crippen molar-refractivity contribution in [3.8, 4) is 11.5 Å². The van der Waals surface area contributed by atoms with E-state index in [0.29, 0.717) is 11.6 Å². The first-order valence-electron chi connectivity index (χ1n) is 10.5. The fraction of sp³-hybridized carbons (Fsp3) is 0.0769. The molecule has 3 aromatic carbocycles. The maximum Gasteiger partial charge on any atom is 0.345 e. The highest BCUT2D eigenvalue weighted by molar-refractivity contribution is 6.30. The summed E-state index contributed by atoms with van der Waals surface area (Å²) < 4.78 is 10.7. The van der Waals surface area contributed by atoms with Gasteiger partial charge in [0.1, 0.15) is 29.7 Å². The number of nitro groups is 1. The van der Waals surface area contributed by atoms with E-state index in [0.717, 1.165) is 17.2 Å². The fourth-order valence-corrected chi connectivity index (χ4v) is 3.94. The first kappa shape index (κ1) is 21.9. The van der Waals surface area contributed by atoms with Gasteiger partial charge in [0.2, 0.25) is 11.7 Å². The largest absolute Gasteiger partial charge is 0.455 e. The maximum atomic E-state index is 13.1. The van der Waals surface area contributed by atoms with Crippen LogP contribution in [0.2, 0.25) is 0 Å². The van der Waals surface area contributed by atoms with Gasteiger partial charge in [-0.2, -0.15) is 0 Å². The number of rotatable bonds is 5. The molecule has 4 aromatic rings. The van der Waals surface area contributed by atoms with Crippen LogP contribution in [0.5, 0.6) is 0 Å². The van der Waals surface area contributed by atoms with Crippen molar-refractivity contribution in [2.75, 3.05) is 0 Å². The molecule has 1 aliphatic carbocycles. The van der Waals surface area contributed by atoms with E-state index < -0.39 is 39.3 Å². The Hall–Kier alpha value is -4.92. The molecule has 0 unspecified atom stereocenters. The van der Waals surface area contributed by atoms with Crippen LogP contribution in [0.25, 0.3) is 11.5 Å². The lowest BCUT2D eigenvalue weighted by Gasteiger charge is -2.18. The Morgan fingerprint density at radius 1 is 0.971 bits per heavy atom. The summed E-state index contributed by atoms with van der Waals surface area (Å²) in [5.74, 6) is -1.92. The first-order valence-corrected chi connectivity index (χ1v) is 10.5. The van der Waals surface area contributed by atoms with Gasteiger partial charge in [-0.15, -0.1) is 0 Å². The fourth-order valence-electron chi connectivity index (χ4n) is 3.94. The standard InChI is InChI=1S/C26H16N2O7/c1-14-6-8-15(9-7-14)25-27-16(12-34-25)13-35-26(31)20-11-10-19-21(22(20)28(32)33)24(30)18-5-3-2-4-17(18)23(19)29/h2-12H,13H2,1H3. The second-order valence-corrected chi connectivity index (χ2v) is 7.93. The van der Waals surface area contributed by atoms with Crippen LogP contribution in [0.3, 0.4) is 0 Å². The number of benzene rings is 3. The second kappa shape index (κ2) is 8.45. The van der Waals surface area contributed by atoms with E-state index >= 15 is 0 Å². The number of aromatic nitrogens is 1. The van der Waals surface area contributed by atoms with E-state index in [1.54, 1.807) is 12.1 Å². The zero-order valence-corrected chi connectivity index (χ0v) is 18.3. The van der Waals surface area contributed by atoms with Crippen molar-refractivity contribution in [2.24, 2.45) is 0 Å². The minimum Gasteiger partial charge on any atom is -0.455 e. The van der Waals surface area contributed by atoms with E-state index in [2.05, 4.69) is 4.98 Å². The average molecular weight is 468 g/mol. The molecule has 0 saturated carbocycles. The van der Waals surface area contributed by atoms with E-state index in [4.69, 9.17) is 9.15 Å². The zero-order chi connectivity index (χ0) is 24.7. The normalized spacial score (nSPS) is 12.1. The number of esters is 1. The third-order valence-electron chi connectivity index (χ3n) is 5.67. The Morgan fingerprint density at radius 2 is 1.66 bits per heavy atom. The number of ether oxygens (including phenoxy) is 1. The number of ketones is 2. The lowest BCUT2D eigenvalue weighted by Crippen LogP contribution is -2.23. The van der Waals surface area contributed by atoms with Gasteiger partial charge >= 0.3 is 5.97 Å². The van der Waals surface area contributed by atoms with Gasteiger partial charge in [0.25, 0.3) is 5.69 Å². The lowest BCUT2D eigenvalue weighted by atomic mass is 9.82. The van der Waals surface area contributed by atoms with Crippen LogP contribution in [0.4, 0.5) is 5.69 Å². The van der Waals surface area contributed by atoms with Gasteiger partial charge in [-0.3, -0.25) is 19.7 Å². The summed E-state index contributed by atoms with van der Waals surface area (Å²) >= 11 is 0.